The lowest BCUT2D eigenvalue weighted by atomic mass is 10.3. The summed E-state index contributed by atoms with van der Waals surface area (Å²) in [6.07, 6.45) is 1.01. The van der Waals surface area contributed by atoms with Crippen LogP contribution in [0.2, 0.25) is 0 Å². The minimum atomic E-state index is -3.40. The maximum absolute atomic E-state index is 11.4. The van der Waals surface area contributed by atoms with E-state index in [9.17, 15) is 13.2 Å². The van der Waals surface area contributed by atoms with Crippen molar-refractivity contribution in [3.63, 3.8) is 0 Å². The first-order chi connectivity index (χ1) is 7.98. The standard InChI is InChI=1S/C11H13NO4S/c1-3-11(13)16-10-8-6-5-7-9(10)12-17(14,15)4-2/h3,5-8,12H,1,4H2,2H3. The van der Waals surface area contributed by atoms with Crippen LogP contribution in [0.15, 0.2) is 36.9 Å². The highest BCUT2D eigenvalue weighted by Gasteiger charge is 2.12. The van der Waals surface area contributed by atoms with Crippen LogP contribution in [0.5, 0.6) is 5.75 Å². The Labute approximate surface area is 100 Å². The van der Waals surface area contributed by atoms with Gasteiger partial charge in [0, 0.05) is 6.08 Å². The predicted molar refractivity (Wildman–Crippen MR) is 65.4 cm³/mol. The summed E-state index contributed by atoms with van der Waals surface area (Å²) >= 11 is 0. The summed E-state index contributed by atoms with van der Waals surface area (Å²) in [6, 6.07) is 6.28. The van der Waals surface area contributed by atoms with Gasteiger partial charge in [0.15, 0.2) is 5.75 Å². The lowest BCUT2D eigenvalue weighted by molar-refractivity contribution is -0.128. The van der Waals surface area contributed by atoms with Crippen molar-refractivity contribution in [2.24, 2.45) is 0 Å². The molecule has 0 aliphatic carbocycles. The molecule has 0 radical (unpaired) electrons. The Morgan fingerprint density at radius 2 is 2.12 bits per heavy atom. The van der Waals surface area contributed by atoms with Gasteiger partial charge in [0.2, 0.25) is 10.0 Å². The Kier molecular flexibility index (Phi) is 4.28. The quantitative estimate of drug-likeness (QED) is 0.492. The zero-order valence-electron chi connectivity index (χ0n) is 9.34. The minimum absolute atomic E-state index is 0.0588. The fourth-order valence-corrected chi connectivity index (χ4v) is 1.68. The van der Waals surface area contributed by atoms with Gasteiger partial charge in [-0.2, -0.15) is 0 Å². The van der Waals surface area contributed by atoms with Gasteiger partial charge in [-0.25, -0.2) is 13.2 Å². The van der Waals surface area contributed by atoms with Crippen molar-refractivity contribution < 1.29 is 17.9 Å². The summed E-state index contributed by atoms with van der Waals surface area (Å²) in [5.74, 6) is -0.556. The molecule has 1 aromatic rings. The smallest absolute Gasteiger partial charge is 0.335 e. The zero-order chi connectivity index (χ0) is 12.9. The third kappa shape index (κ3) is 3.92. The van der Waals surface area contributed by atoms with Crippen LogP contribution in [-0.4, -0.2) is 20.1 Å². The summed E-state index contributed by atoms with van der Waals surface area (Å²) in [4.78, 5) is 11.1. The molecular weight excluding hydrogens is 242 g/mol. The Hall–Kier alpha value is -1.82. The first-order valence-electron chi connectivity index (χ1n) is 4.92. The first kappa shape index (κ1) is 13.2. The summed E-state index contributed by atoms with van der Waals surface area (Å²) < 4.78 is 30.0. The van der Waals surface area contributed by atoms with Gasteiger partial charge in [-0.15, -0.1) is 0 Å². The highest BCUT2D eigenvalue weighted by atomic mass is 32.2. The van der Waals surface area contributed by atoms with Gasteiger partial charge < -0.3 is 4.74 Å². The van der Waals surface area contributed by atoms with Crippen molar-refractivity contribution in [2.75, 3.05) is 10.5 Å². The van der Waals surface area contributed by atoms with Crippen molar-refractivity contribution in [3.8, 4) is 5.75 Å². The van der Waals surface area contributed by atoms with E-state index < -0.39 is 16.0 Å². The van der Waals surface area contributed by atoms with Crippen molar-refractivity contribution in [1.29, 1.82) is 0 Å². The number of hydrogen-bond donors (Lipinski definition) is 1. The Bertz CT molecular complexity index is 522. The van der Waals surface area contributed by atoms with E-state index in [-0.39, 0.29) is 17.2 Å². The van der Waals surface area contributed by atoms with Gasteiger partial charge in [-0.05, 0) is 19.1 Å². The van der Waals surface area contributed by atoms with Crippen LogP contribution in [0, 0.1) is 0 Å². The van der Waals surface area contributed by atoms with Crippen LogP contribution in [0.1, 0.15) is 6.92 Å². The molecular formula is C11H13NO4S. The van der Waals surface area contributed by atoms with E-state index in [1.165, 1.54) is 19.1 Å². The second-order valence-corrected chi connectivity index (χ2v) is 5.14. The van der Waals surface area contributed by atoms with Gasteiger partial charge in [0.1, 0.15) is 0 Å². The Morgan fingerprint density at radius 1 is 1.47 bits per heavy atom. The average molecular weight is 255 g/mol. The van der Waals surface area contributed by atoms with Crippen molar-refractivity contribution >= 4 is 21.7 Å². The minimum Gasteiger partial charge on any atom is -0.421 e. The molecule has 1 N–H and O–H groups in total. The number of ether oxygens (including phenoxy) is 1. The van der Waals surface area contributed by atoms with Gasteiger partial charge >= 0.3 is 5.97 Å². The van der Waals surface area contributed by atoms with Crippen LogP contribution >= 0.6 is 0 Å². The van der Waals surface area contributed by atoms with Crippen LogP contribution in [0.3, 0.4) is 0 Å². The topological polar surface area (TPSA) is 72.5 Å². The molecule has 0 saturated heterocycles. The molecule has 0 amide bonds. The molecule has 0 heterocycles. The number of benzene rings is 1. The van der Waals surface area contributed by atoms with E-state index in [1.807, 2.05) is 0 Å². The maximum atomic E-state index is 11.4. The number of esters is 1. The zero-order valence-corrected chi connectivity index (χ0v) is 10.2. The summed E-state index contributed by atoms with van der Waals surface area (Å²) in [5, 5.41) is 0. The largest absolute Gasteiger partial charge is 0.421 e. The molecule has 0 saturated carbocycles. The Balaban J connectivity index is 3.00. The second-order valence-electron chi connectivity index (χ2n) is 3.13. The monoisotopic (exact) mass is 255 g/mol. The molecule has 0 unspecified atom stereocenters. The number of carbonyl (C=O) groups excluding carboxylic acids is 1. The maximum Gasteiger partial charge on any atom is 0.335 e. The highest BCUT2D eigenvalue weighted by molar-refractivity contribution is 7.92. The van der Waals surface area contributed by atoms with Crippen LogP contribution < -0.4 is 9.46 Å². The molecule has 6 heteroatoms. The second kappa shape index (κ2) is 5.49. The fourth-order valence-electron chi connectivity index (χ4n) is 1.03. The van der Waals surface area contributed by atoms with E-state index >= 15 is 0 Å². The molecule has 17 heavy (non-hydrogen) atoms. The number of rotatable bonds is 5. The molecule has 0 spiro atoms. The molecule has 0 fully saturated rings. The summed E-state index contributed by atoms with van der Waals surface area (Å²) in [7, 11) is -3.40. The lowest BCUT2D eigenvalue weighted by Gasteiger charge is -2.10. The number of carbonyl (C=O) groups is 1. The molecule has 0 aliphatic rings. The average Bonchev–Trinajstić information content (AvgIpc) is 2.31. The lowest BCUT2D eigenvalue weighted by Crippen LogP contribution is -2.16. The number of para-hydroxylation sites is 2. The molecule has 0 atom stereocenters. The molecule has 0 aliphatic heterocycles. The van der Waals surface area contributed by atoms with Crippen molar-refractivity contribution in [2.45, 2.75) is 6.92 Å². The summed E-state index contributed by atoms with van der Waals surface area (Å²) in [6.45, 7) is 4.78. The molecule has 5 nitrogen and oxygen atoms in total. The molecule has 1 rings (SSSR count). The molecule has 0 bridgehead atoms. The number of nitrogens with one attached hydrogen (secondary N) is 1. The molecule has 92 valence electrons. The van der Waals surface area contributed by atoms with Gasteiger partial charge in [0.05, 0.1) is 11.4 Å². The third-order valence-electron chi connectivity index (χ3n) is 1.91. The van der Waals surface area contributed by atoms with E-state index in [1.54, 1.807) is 12.1 Å². The Morgan fingerprint density at radius 3 is 2.71 bits per heavy atom. The molecule has 0 aromatic heterocycles. The normalized spacial score (nSPS) is 10.6. The van der Waals surface area contributed by atoms with Crippen LogP contribution in [0.25, 0.3) is 0 Å². The third-order valence-corrected chi connectivity index (χ3v) is 3.20. The van der Waals surface area contributed by atoms with Crippen LogP contribution in [0.4, 0.5) is 5.69 Å². The highest BCUT2D eigenvalue weighted by Crippen LogP contribution is 2.24. The van der Waals surface area contributed by atoms with E-state index in [4.69, 9.17) is 4.74 Å². The number of hydrogen-bond acceptors (Lipinski definition) is 4. The predicted octanol–water partition coefficient (Wildman–Crippen LogP) is 1.54. The van der Waals surface area contributed by atoms with Gasteiger partial charge in [0.25, 0.3) is 0 Å². The van der Waals surface area contributed by atoms with Crippen molar-refractivity contribution in [1.82, 2.24) is 0 Å². The van der Waals surface area contributed by atoms with Gasteiger partial charge in [-0.3, -0.25) is 4.72 Å². The fraction of sp³-hybridized carbons (Fsp3) is 0.182. The number of anilines is 1. The van der Waals surface area contributed by atoms with Crippen LogP contribution in [-0.2, 0) is 14.8 Å². The summed E-state index contributed by atoms with van der Waals surface area (Å²) in [5.41, 5.74) is 0.226. The van der Waals surface area contributed by atoms with E-state index in [2.05, 4.69) is 11.3 Å². The van der Waals surface area contributed by atoms with E-state index in [0.29, 0.717) is 0 Å². The van der Waals surface area contributed by atoms with Gasteiger partial charge in [-0.1, -0.05) is 18.7 Å². The SMILES string of the molecule is C=CC(=O)Oc1ccccc1NS(=O)(=O)CC. The number of sulfonamides is 1. The molecule has 1 aromatic carbocycles. The van der Waals surface area contributed by atoms with E-state index in [0.717, 1.165) is 6.08 Å². The van der Waals surface area contributed by atoms with Crippen molar-refractivity contribution in [3.05, 3.63) is 36.9 Å². The first-order valence-corrected chi connectivity index (χ1v) is 6.57.